The SMILES string of the molecule is COc1nc(-c2cccc(-c3cccc(NC(=O)c4ccnn(C)c4=O)c3Cl)c2Cl)cc2c1[C@@H](NC[C@@H]1COCC(=O)N1)[C@H](C)C2. The van der Waals surface area contributed by atoms with Crippen LogP contribution in [-0.2, 0) is 23.0 Å². The van der Waals surface area contributed by atoms with Gasteiger partial charge in [-0.05, 0) is 36.1 Å². The molecule has 1 aliphatic carbocycles. The Morgan fingerprint density at radius 3 is 2.61 bits per heavy atom. The van der Waals surface area contributed by atoms with Crippen LogP contribution in [0.15, 0.2) is 59.5 Å². The number of pyridine rings is 1. The van der Waals surface area contributed by atoms with Gasteiger partial charge in [-0.1, -0.05) is 60.5 Å². The summed E-state index contributed by atoms with van der Waals surface area (Å²) >= 11 is 13.9. The number of nitrogens with one attached hydrogen (secondary N) is 3. The van der Waals surface area contributed by atoms with E-state index in [1.54, 1.807) is 19.2 Å². The van der Waals surface area contributed by atoms with Crippen LogP contribution in [0.25, 0.3) is 22.4 Å². The number of nitrogens with zero attached hydrogens (tertiary/aromatic N) is 3. The van der Waals surface area contributed by atoms with Crippen molar-refractivity contribution in [1.29, 1.82) is 0 Å². The standard InChI is InChI=1S/C33H32Cl2N6O5/c1-17-12-18-13-25(40-32(45-3)27(18)30(17)36-14-19-15-46-16-26(42)38-19)22-8-4-6-20(28(22)34)21-7-5-9-24(29(21)35)39-31(43)23-10-11-37-41(2)33(23)44/h4-11,13,17,19,30,36H,12,14-16H2,1-3H3,(H,38,42)(H,39,43)/t17-,19-,30+/m1/s1. The van der Waals surface area contributed by atoms with Gasteiger partial charge in [0.05, 0.1) is 41.2 Å². The fourth-order valence-electron chi connectivity index (χ4n) is 6.06. The van der Waals surface area contributed by atoms with Crippen molar-refractivity contribution < 1.29 is 19.1 Å². The van der Waals surface area contributed by atoms with Gasteiger partial charge >= 0.3 is 0 Å². The molecule has 3 atom stereocenters. The molecular weight excluding hydrogens is 631 g/mol. The van der Waals surface area contributed by atoms with Crippen LogP contribution in [0.2, 0.25) is 10.0 Å². The molecule has 11 nitrogen and oxygen atoms in total. The molecule has 2 aromatic heterocycles. The summed E-state index contributed by atoms with van der Waals surface area (Å²) in [5, 5.41) is 13.8. The Balaban J connectivity index is 1.29. The lowest BCUT2D eigenvalue weighted by Crippen LogP contribution is -2.51. The van der Waals surface area contributed by atoms with Crippen molar-refractivity contribution in [1.82, 2.24) is 25.4 Å². The van der Waals surface area contributed by atoms with Crippen LogP contribution in [0.4, 0.5) is 5.69 Å². The van der Waals surface area contributed by atoms with Crippen LogP contribution >= 0.6 is 23.2 Å². The number of fused-ring (bicyclic) bond motifs is 1. The molecule has 3 heterocycles. The van der Waals surface area contributed by atoms with Crippen molar-refractivity contribution >= 4 is 40.7 Å². The fourth-order valence-corrected chi connectivity index (χ4v) is 6.66. The molecule has 3 N–H and O–H groups in total. The number of hydrogen-bond donors (Lipinski definition) is 3. The van der Waals surface area contributed by atoms with Crippen molar-refractivity contribution in [2.45, 2.75) is 25.4 Å². The molecule has 0 bridgehead atoms. The molecular formula is C33H32Cl2N6O5. The minimum Gasteiger partial charge on any atom is -0.481 e. The molecule has 4 aromatic rings. The highest BCUT2D eigenvalue weighted by Gasteiger charge is 2.35. The Bertz CT molecular complexity index is 1900. The molecule has 1 aliphatic heterocycles. The normalized spacial score (nSPS) is 19.0. The first kappa shape index (κ1) is 31.7. The summed E-state index contributed by atoms with van der Waals surface area (Å²) in [6.07, 6.45) is 2.18. The van der Waals surface area contributed by atoms with Crippen molar-refractivity contribution in [3.63, 3.8) is 0 Å². The number of halogens is 2. The van der Waals surface area contributed by atoms with E-state index >= 15 is 0 Å². The molecule has 13 heteroatoms. The van der Waals surface area contributed by atoms with Gasteiger partial charge in [0.1, 0.15) is 12.2 Å². The van der Waals surface area contributed by atoms with E-state index in [1.165, 1.54) is 19.3 Å². The number of methoxy groups -OCH3 is 1. The maximum Gasteiger partial charge on any atom is 0.279 e. The summed E-state index contributed by atoms with van der Waals surface area (Å²) in [5.74, 6) is 0.0442. The van der Waals surface area contributed by atoms with E-state index in [1.807, 2.05) is 30.3 Å². The number of benzene rings is 2. The number of rotatable bonds is 8. The molecule has 1 saturated heterocycles. The molecule has 46 heavy (non-hydrogen) atoms. The molecule has 2 aliphatic rings. The smallest absolute Gasteiger partial charge is 0.279 e. The lowest BCUT2D eigenvalue weighted by Gasteiger charge is -2.27. The van der Waals surface area contributed by atoms with E-state index in [0.29, 0.717) is 52.1 Å². The molecule has 238 valence electrons. The molecule has 0 radical (unpaired) electrons. The number of amides is 2. The molecule has 0 spiro atoms. The summed E-state index contributed by atoms with van der Waals surface area (Å²) in [6, 6.07) is 14.1. The number of morpholine rings is 1. The van der Waals surface area contributed by atoms with E-state index in [-0.39, 0.29) is 41.1 Å². The second kappa shape index (κ2) is 13.2. The van der Waals surface area contributed by atoms with Gasteiger partial charge in [0, 0.05) is 48.1 Å². The van der Waals surface area contributed by atoms with Gasteiger partial charge in [0.25, 0.3) is 11.5 Å². The van der Waals surface area contributed by atoms with Crippen LogP contribution in [0.5, 0.6) is 5.88 Å². The van der Waals surface area contributed by atoms with Crippen LogP contribution in [0, 0.1) is 5.92 Å². The maximum absolute atomic E-state index is 12.9. The molecule has 0 saturated carbocycles. The van der Waals surface area contributed by atoms with Gasteiger partial charge in [-0.25, -0.2) is 9.67 Å². The van der Waals surface area contributed by atoms with Gasteiger partial charge in [0.15, 0.2) is 0 Å². The van der Waals surface area contributed by atoms with Gasteiger partial charge in [-0.15, -0.1) is 0 Å². The Labute approximate surface area is 275 Å². The second-order valence-electron chi connectivity index (χ2n) is 11.4. The topological polar surface area (TPSA) is 136 Å². The zero-order valence-electron chi connectivity index (χ0n) is 25.4. The lowest BCUT2D eigenvalue weighted by molar-refractivity contribution is -0.131. The Kier molecular flexibility index (Phi) is 9.10. The van der Waals surface area contributed by atoms with E-state index in [9.17, 15) is 14.4 Å². The first-order valence-electron chi connectivity index (χ1n) is 14.8. The Morgan fingerprint density at radius 2 is 1.85 bits per heavy atom. The van der Waals surface area contributed by atoms with Crippen molar-refractivity contribution in [2.75, 3.05) is 32.2 Å². The second-order valence-corrected chi connectivity index (χ2v) is 12.2. The Hall–Kier alpha value is -4.29. The molecule has 0 unspecified atom stereocenters. The number of ether oxygens (including phenoxy) is 2. The van der Waals surface area contributed by atoms with E-state index < -0.39 is 11.5 Å². The number of carbonyl (C=O) groups excluding carboxylic acids is 2. The highest BCUT2D eigenvalue weighted by Crippen LogP contribution is 2.45. The van der Waals surface area contributed by atoms with E-state index in [0.717, 1.165) is 22.2 Å². The highest BCUT2D eigenvalue weighted by atomic mass is 35.5. The average Bonchev–Trinajstić information content (AvgIpc) is 3.36. The largest absolute Gasteiger partial charge is 0.481 e. The summed E-state index contributed by atoms with van der Waals surface area (Å²) < 4.78 is 12.3. The van der Waals surface area contributed by atoms with Gasteiger partial charge < -0.3 is 25.4 Å². The van der Waals surface area contributed by atoms with Crippen molar-refractivity contribution in [3.8, 4) is 28.3 Å². The molecule has 1 fully saturated rings. The number of anilines is 1. The third-order valence-corrected chi connectivity index (χ3v) is 9.10. The summed E-state index contributed by atoms with van der Waals surface area (Å²) in [4.78, 5) is 42.0. The summed E-state index contributed by atoms with van der Waals surface area (Å²) in [6.45, 7) is 3.27. The van der Waals surface area contributed by atoms with Gasteiger partial charge in [-0.2, -0.15) is 5.10 Å². The molecule has 2 aromatic carbocycles. The quantitative estimate of drug-likeness (QED) is 0.252. The third kappa shape index (κ3) is 6.11. The molecule has 2 amide bonds. The van der Waals surface area contributed by atoms with Crippen LogP contribution in [0.3, 0.4) is 0 Å². The lowest BCUT2D eigenvalue weighted by atomic mass is 9.99. The molecule has 6 rings (SSSR count). The van der Waals surface area contributed by atoms with Crippen molar-refractivity contribution in [2.24, 2.45) is 13.0 Å². The first-order valence-corrected chi connectivity index (χ1v) is 15.5. The average molecular weight is 664 g/mol. The maximum atomic E-state index is 12.9. The minimum atomic E-state index is -0.602. The van der Waals surface area contributed by atoms with Crippen LogP contribution in [0.1, 0.15) is 34.5 Å². The predicted molar refractivity (Wildman–Crippen MR) is 175 cm³/mol. The van der Waals surface area contributed by atoms with Gasteiger partial charge in [-0.3, -0.25) is 14.4 Å². The first-order chi connectivity index (χ1) is 22.2. The number of hydrogen-bond acceptors (Lipinski definition) is 8. The monoisotopic (exact) mass is 662 g/mol. The fraction of sp³-hybridized carbons (Fsp3) is 0.303. The predicted octanol–water partition coefficient (Wildman–Crippen LogP) is 4.41. The number of aromatic nitrogens is 3. The zero-order valence-corrected chi connectivity index (χ0v) is 26.9. The Morgan fingerprint density at radius 1 is 1.11 bits per heavy atom. The minimum absolute atomic E-state index is 0.0174. The summed E-state index contributed by atoms with van der Waals surface area (Å²) in [7, 11) is 3.07. The van der Waals surface area contributed by atoms with Crippen LogP contribution in [-0.4, -0.2) is 59.5 Å². The van der Waals surface area contributed by atoms with E-state index in [2.05, 4.69) is 28.0 Å². The van der Waals surface area contributed by atoms with E-state index in [4.69, 9.17) is 37.7 Å². The van der Waals surface area contributed by atoms with Gasteiger partial charge in [0.2, 0.25) is 11.8 Å². The third-order valence-electron chi connectivity index (χ3n) is 8.29. The summed E-state index contributed by atoms with van der Waals surface area (Å²) in [5.41, 5.74) is 4.42. The van der Waals surface area contributed by atoms with Crippen LogP contribution < -0.4 is 26.2 Å². The number of carbonyl (C=O) groups is 2. The zero-order chi connectivity index (χ0) is 32.5. The highest BCUT2D eigenvalue weighted by molar-refractivity contribution is 6.39. The van der Waals surface area contributed by atoms with Crippen molar-refractivity contribution in [3.05, 3.63) is 91.8 Å². The number of aryl methyl sites for hydroxylation is 1.